The molecule has 0 saturated heterocycles. The fourth-order valence-electron chi connectivity index (χ4n) is 2.05. The first-order valence-electron chi connectivity index (χ1n) is 6.84. The third-order valence-corrected chi connectivity index (χ3v) is 4.41. The van der Waals surface area contributed by atoms with E-state index in [1.165, 1.54) is 11.3 Å². The lowest BCUT2D eigenvalue weighted by atomic mass is 10.1. The summed E-state index contributed by atoms with van der Waals surface area (Å²) in [6, 6.07) is 5.50. The van der Waals surface area contributed by atoms with Crippen molar-refractivity contribution in [3.63, 3.8) is 0 Å². The zero-order chi connectivity index (χ0) is 15.7. The fourth-order valence-corrected chi connectivity index (χ4v) is 2.76. The number of hydrogen-bond acceptors (Lipinski definition) is 6. The Labute approximate surface area is 144 Å². The molecule has 1 amide bonds. The summed E-state index contributed by atoms with van der Waals surface area (Å²) in [4.78, 5) is 16.4. The molecule has 8 heteroatoms. The van der Waals surface area contributed by atoms with Gasteiger partial charge in [-0.15, -0.1) is 23.7 Å². The molecule has 2 aromatic rings. The van der Waals surface area contributed by atoms with Crippen LogP contribution in [0.4, 0.5) is 5.13 Å². The van der Waals surface area contributed by atoms with Gasteiger partial charge in [0.2, 0.25) is 5.91 Å². The molecule has 1 fully saturated rings. The second kappa shape index (κ2) is 6.74. The zero-order valence-electron chi connectivity index (χ0n) is 12.8. The van der Waals surface area contributed by atoms with E-state index in [2.05, 4.69) is 10.3 Å². The largest absolute Gasteiger partial charge is 0.497 e. The Morgan fingerprint density at radius 2 is 2.09 bits per heavy atom. The van der Waals surface area contributed by atoms with Gasteiger partial charge in [-0.05, 0) is 31.0 Å². The van der Waals surface area contributed by atoms with E-state index in [4.69, 9.17) is 15.2 Å². The average Bonchev–Trinajstić information content (AvgIpc) is 3.12. The van der Waals surface area contributed by atoms with Gasteiger partial charge in [0.05, 0.1) is 25.5 Å². The summed E-state index contributed by atoms with van der Waals surface area (Å²) < 4.78 is 10.6. The Kier molecular flexibility index (Phi) is 5.13. The predicted octanol–water partition coefficient (Wildman–Crippen LogP) is 2.68. The van der Waals surface area contributed by atoms with Crippen LogP contribution in [0.1, 0.15) is 12.8 Å². The number of aromatic nitrogens is 1. The van der Waals surface area contributed by atoms with Crippen LogP contribution < -0.4 is 20.5 Å². The molecular weight excluding hydrogens is 338 g/mol. The molecule has 3 N–H and O–H groups in total. The Hall–Kier alpha value is -1.83. The highest BCUT2D eigenvalue weighted by molar-refractivity contribution is 7.14. The number of nitrogens with two attached hydrogens (primary N) is 1. The molecular formula is C15H18ClN3O3S. The lowest BCUT2D eigenvalue weighted by Crippen LogP contribution is -2.37. The van der Waals surface area contributed by atoms with Crippen molar-refractivity contribution >= 4 is 34.8 Å². The topological polar surface area (TPSA) is 86.5 Å². The van der Waals surface area contributed by atoms with Gasteiger partial charge in [0.1, 0.15) is 11.5 Å². The van der Waals surface area contributed by atoms with Crippen molar-refractivity contribution in [1.82, 2.24) is 4.98 Å². The number of benzene rings is 1. The molecule has 0 unspecified atom stereocenters. The number of halogens is 1. The Bertz CT molecular complexity index is 716. The van der Waals surface area contributed by atoms with E-state index in [1.807, 2.05) is 23.6 Å². The lowest BCUT2D eigenvalue weighted by molar-refractivity contribution is -0.118. The Balaban J connectivity index is 0.00000192. The molecule has 124 valence electrons. The number of ether oxygens (including phenoxy) is 2. The molecule has 0 atom stereocenters. The first-order valence-corrected chi connectivity index (χ1v) is 7.72. The van der Waals surface area contributed by atoms with Crippen LogP contribution in [0.15, 0.2) is 23.6 Å². The minimum absolute atomic E-state index is 0. The van der Waals surface area contributed by atoms with E-state index in [-0.39, 0.29) is 18.3 Å². The molecule has 1 saturated carbocycles. The van der Waals surface area contributed by atoms with Gasteiger partial charge < -0.3 is 20.5 Å². The molecule has 6 nitrogen and oxygen atoms in total. The van der Waals surface area contributed by atoms with Gasteiger partial charge in [-0.25, -0.2) is 4.98 Å². The second-order valence-electron chi connectivity index (χ2n) is 5.21. The van der Waals surface area contributed by atoms with Gasteiger partial charge in [0, 0.05) is 10.9 Å². The number of nitrogens with zero attached hydrogens (tertiary/aromatic N) is 1. The number of thiazole rings is 1. The monoisotopic (exact) mass is 355 g/mol. The first kappa shape index (κ1) is 17.5. The van der Waals surface area contributed by atoms with E-state index in [0.29, 0.717) is 16.6 Å². The number of carbonyl (C=O) groups excluding carboxylic acids is 1. The quantitative estimate of drug-likeness (QED) is 0.861. The van der Waals surface area contributed by atoms with E-state index >= 15 is 0 Å². The molecule has 0 radical (unpaired) electrons. The van der Waals surface area contributed by atoms with E-state index in [0.717, 1.165) is 24.1 Å². The van der Waals surface area contributed by atoms with Crippen molar-refractivity contribution in [2.45, 2.75) is 18.4 Å². The summed E-state index contributed by atoms with van der Waals surface area (Å²) in [6.45, 7) is 0. The standard InChI is InChI=1S/C15H17N3O3S.ClH/c1-20-9-3-4-12(21-2)10(7-9)11-8-22-14(17-11)18-13(19)15(16)5-6-15;/h3-4,7-8H,5-6,16H2,1-2H3,(H,17,18,19);1H. The summed E-state index contributed by atoms with van der Waals surface area (Å²) in [5.74, 6) is 1.24. The molecule has 3 rings (SSSR count). The summed E-state index contributed by atoms with van der Waals surface area (Å²) >= 11 is 1.35. The smallest absolute Gasteiger partial charge is 0.246 e. The highest BCUT2D eigenvalue weighted by atomic mass is 35.5. The molecule has 1 aromatic heterocycles. The number of methoxy groups -OCH3 is 2. The average molecular weight is 356 g/mol. The van der Waals surface area contributed by atoms with Crippen molar-refractivity contribution in [2.75, 3.05) is 19.5 Å². The number of hydrogen-bond donors (Lipinski definition) is 2. The molecule has 0 spiro atoms. The maximum absolute atomic E-state index is 12.0. The number of rotatable bonds is 5. The lowest BCUT2D eigenvalue weighted by Gasteiger charge is -2.09. The maximum atomic E-state index is 12.0. The van der Waals surface area contributed by atoms with Gasteiger partial charge >= 0.3 is 0 Å². The highest BCUT2D eigenvalue weighted by Gasteiger charge is 2.46. The van der Waals surface area contributed by atoms with E-state index < -0.39 is 5.54 Å². The van der Waals surface area contributed by atoms with Crippen LogP contribution in [0, 0.1) is 0 Å². The fraction of sp³-hybridized carbons (Fsp3) is 0.333. The van der Waals surface area contributed by atoms with Gasteiger partial charge in [-0.2, -0.15) is 0 Å². The Morgan fingerprint density at radius 1 is 1.35 bits per heavy atom. The van der Waals surface area contributed by atoms with Crippen molar-refractivity contribution < 1.29 is 14.3 Å². The molecule has 1 aliphatic rings. The van der Waals surface area contributed by atoms with Crippen molar-refractivity contribution in [1.29, 1.82) is 0 Å². The number of nitrogens with one attached hydrogen (secondary N) is 1. The second-order valence-corrected chi connectivity index (χ2v) is 6.07. The predicted molar refractivity (Wildman–Crippen MR) is 92.7 cm³/mol. The highest BCUT2D eigenvalue weighted by Crippen LogP contribution is 2.36. The van der Waals surface area contributed by atoms with Crippen LogP contribution in [-0.4, -0.2) is 30.6 Å². The van der Waals surface area contributed by atoms with Gasteiger partial charge in [-0.1, -0.05) is 0 Å². The van der Waals surface area contributed by atoms with Gasteiger partial charge in [-0.3, -0.25) is 4.79 Å². The van der Waals surface area contributed by atoms with E-state index in [1.54, 1.807) is 14.2 Å². The number of carbonyl (C=O) groups is 1. The summed E-state index contributed by atoms with van der Waals surface area (Å²) in [6.07, 6.45) is 1.45. The first-order chi connectivity index (χ1) is 10.6. The van der Waals surface area contributed by atoms with Gasteiger partial charge in [0.25, 0.3) is 0 Å². The minimum Gasteiger partial charge on any atom is -0.497 e. The van der Waals surface area contributed by atoms with Crippen LogP contribution in [0.3, 0.4) is 0 Å². The normalized spacial score (nSPS) is 14.6. The molecule has 0 bridgehead atoms. The third kappa shape index (κ3) is 3.57. The Morgan fingerprint density at radius 3 is 2.70 bits per heavy atom. The van der Waals surface area contributed by atoms with E-state index in [9.17, 15) is 4.79 Å². The van der Waals surface area contributed by atoms with Crippen molar-refractivity contribution in [2.24, 2.45) is 5.73 Å². The minimum atomic E-state index is -0.709. The van der Waals surface area contributed by atoms with Crippen LogP contribution in [0.2, 0.25) is 0 Å². The van der Waals surface area contributed by atoms with Crippen LogP contribution >= 0.6 is 23.7 Å². The van der Waals surface area contributed by atoms with Crippen LogP contribution in [-0.2, 0) is 4.79 Å². The zero-order valence-corrected chi connectivity index (χ0v) is 14.4. The molecule has 23 heavy (non-hydrogen) atoms. The summed E-state index contributed by atoms with van der Waals surface area (Å²) in [7, 11) is 3.21. The van der Waals surface area contributed by atoms with Crippen molar-refractivity contribution in [3.05, 3.63) is 23.6 Å². The van der Waals surface area contributed by atoms with Crippen LogP contribution in [0.5, 0.6) is 11.5 Å². The molecule has 1 heterocycles. The molecule has 1 aromatic carbocycles. The third-order valence-electron chi connectivity index (χ3n) is 3.65. The maximum Gasteiger partial charge on any atom is 0.246 e. The SMILES string of the molecule is COc1ccc(OC)c(-c2csc(NC(=O)C3(N)CC3)n2)c1.Cl. The number of anilines is 1. The number of amides is 1. The molecule has 0 aliphatic heterocycles. The molecule has 1 aliphatic carbocycles. The summed E-state index contributed by atoms with van der Waals surface area (Å²) in [5.41, 5.74) is 6.69. The summed E-state index contributed by atoms with van der Waals surface area (Å²) in [5, 5.41) is 5.17. The van der Waals surface area contributed by atoms with Crippen molar-refractivity contribution in [3.8, 4) is 22.8 Å². The van der Waals surface area contributed by atoms with Gasteiger partial charge in [0.15, 0.2) is 5.13 Å². The van der Waals surface area contributed by atoms with Crippen LogP contribution in [0.25, 0.3) is 11.3 Å².